The summed E-state index contributed by atoms with van der Waals surface area (Å²) in [6.45, 7) is 3.04. The molecule has 35 heavy (non-hydrogen) atoms. The first kappa shape index (κ1) is 24.6. The van der Waals surface area contributed by atoms with Crippen molar-refractivity contribution >= 4 is 27.6 Å². The number of methoxy groups -OCH3 is 1. The van der Waals surface area contributed by atoms with Crippen LogP contribution in [-0.2, 0) is 26.1 Å². The number of piperidine rings is 1. The average molecular weight is 497 g/mol. The smallest absolute Gasteiger partial charge is 0.339 e. The fourth-order valence-corrected chi connectivity index (χ4v) is 5.82. The molecule has 1 saturated heterocycles. The van der Waals surface area contributed by atoms with Gasteiger partial charge in [-0.1, -0.05) is 24.3 Å². The Morgan fingerprint density at radius 3 is 2.40 bits per heavy atom. The molecule has 10 heteroatoms. The van der Waals surface area contributed by atoms with Gasteiger partial charge in [-0.2, -0.15) is 4.31 Å². The summed E-state index contributed by atoms with van der Waals surface area (Å²) >= 11 is 0. The molecule has 0 unspecified atom stereocenters. The SMILES string of the molecule is COC(=O)c1ccccc1S(=O)(=O)N1CCC(C(=O)Nc2ccc(Cn3ccnc3C)cc2)CC1. The topological polar surface area (TPSA) is 111 Å². The predicted molar refractivity (Wildman–Crippen MR) is 130 cm³/mol. The Hall–Kier alpha value is -3.50. The fraction of sp³-hybridized carbons (Fsp3) is 0.320. The number of rotatable bonds is 7. The van der Waals surface area contributed by atoms with E-state index in [0.717, 1.165) is 11.4 Å². The Balaban J connectivity index is 1.35. The number of nitrogens with one attached hydrogen (secondary N) is 1. The summed E-state index contributed by atoms with van der Waals surface area (Å²) in [6.07, 6.45) is 4.47. The Morgan fingerprint density at radius 1 is 1.09 bits per heavy atom. The summed E-state index contributed by atoms with van der Waals surface area (Å²) in [7, 11) is -2.68. The first-order valence-electron chi connectivity index (χ1n) is 11.3. The zero-order valence-electron chi connectivity index (χ0n) is 19.7. The van der Waals surface area contributed by atoms with Crippen molar-refractivity contribution in [1.82, 2.24) is 13.9 Å². The third kappa shape index (κ3) is 5.44. The van der Waals surface area contributed by atoms with E-state index >= 15 is 0 Å². The summed E-state index contributed by atoms with van der Waals surface area (Å²) < 4.78 is 34.4. The van der Waals surface area contributed by atoms with Crippen LogP contribution in [0.25, 0.3) is 0 Å². The van der Waals surface area contributed by atoms with Gasteiger partial charge in [0.05, 0.1) is 17.6 Å². The van der Waals surface area contributed by atoms with E-state index in [1.54, 1.807) is 18.3 Å². The van der Waals surface area contributed by atoms with Crippen molar-refractivity contribution in [2.24, 2.45) is 5.92 Å². The van der Waals surface area contributed by atoms with Gasteiger partial charge in [-0.15, -0.1) is 0 Å². The average Bonchev–Trinajstić information content (AvgIpc) is 3.28. The van der Waals surface area contributed by atoms with Crippen LogP contribution < -0.4 is 5.32 Å². The molecule has 0 aliphatic carbocycles. The Labute approximate surface area is 204 Å². The maximum atomic E-state index is 13.2. The predicted octanol–water partition coefficient (Wildman–Crippen LogP) is 3.07. The molecule has 0 atom stereocenters. The summed E-state index contributed by atoms with van der Waals surface area (Å²) in [6, 6.07) is 13.6. The molecule has 0 saturated carbocycles. The molecular formula is C25H28N4O5S. The highest BCUT2D eigenvalue weighted by atomic mass is 32.2. The number of anilines is 1. The molecule has 1 N–H and O–H groups in total. The van der Waals surface area contributed by atoms with Crippen LogP contribution in [-0.4, -0.2) is 54.3 Å². The lowest BCUT2D eigenvalue weighted by molar-refractivity contribution is -0.120. The summed E-state index contributed by atoms with van der Waals surface area (Å²) in [4.78, 5) is 29.0. The molecule has 2 heterocycles. The molecule has 184 valence electrons. The third-order valence-corrected chi connectivity index (χ3v) is 8.19. The molecule has 9 nitrogen and oxygen atoms in total. The summed E-state index contributed by atoms with van der Waals surface area (Å²) in [5, 5.41) is 2.94. The van der Waals surface area contributed by atoms with E-state index in [9.17, 15) is 18.0 Å². The van der Waals surface area contributed by atoms with Crippen molar-refractivity contribution in [2.75, 3.05) is 25.5 Å². The number of benzene rings is 2. The number of sulfonamides is 1. The molecule has 1 aliphatic heterocycles. The molecule has 3 aromatic rings. The van der Waals surface area contributed by atoms with Gasteiger partial charge in [0, 0.05) is 43.6 Å². The van der Waals surface area contributed by atoms with Gasteiger partial charge in [0.25, 0.3) is 0 Å². The van der Waals surface area contributed by atoms with E-state index in [-0.39, 0.29) is 35.4 Å². The second kappa shape index (κ2) is 10.4. The number of hydrogen-bond donors (Lipinski definition) is 1. The molecule has 0 bridgehead atoms. The van der Waals surface area contributed by atoms with Crippen LogP contribution in [0.2, 0.25) is 0 Å². The van der Waals surface area contributed by atoms with Crippen molar-refractivity contribution in [1.29, 1.82) is 0 Å². The quantitative estimate of drug-likeness (QED) is 0.504. The summed E-state index contributed by atoms with van der Waals surface area (Å²) in [5.74, 6) is -0.199. The minimum atomic E-state index is -3.89. The van der Waals surface area contributed by atoms with E-state index in [0.29, 0.717) is 25.1 Å². The van der Waals surface area contributed by atoms with Crippen LogP contribution in [0.4, 0.5) is 5.69 Å². The van der Waals surface area contributed by atoms with Gasteiger partial charge in [-0.3, -0.25) is 4.79 Å². The number of carbonyl (C=O) groups is 2. The Kier molecular flexibility index (Phi) is 7.32. The van der Waals surface area contributed by atoms with E-state index in [1.807, 2.05) is 42.0 Å². The highest BCUT2D eigenvalue weighted by Gasteiger charge is 2.34. The van der Waals surface area contributed by atoms with Crippen molar-refractivity contribution in [2.45, 2.75) is 31.2 Å². The lowest BCUT2D eigenvalue weighted by Gasteiger charge is -2.31. The monoisotopic (exact) mass is 496 g/mol. The lowest BCUT2D eigenvalue weighted by Crippen LogP contribution is -2.41. The van der Waals surface area contributed by atoms with Crippen LogP contribution in [0.15, 0.2) is 65.8 Å². The van der Waals surface area contributed by atoms with Gasteiger partial charge in [0.2, 0.25) is 15.9 Å². The normalized spacial score (nSPS) is 15.0. The van der Waals surface area contributed by atoms with Crippen LogP contribution in [0.1, 0.15) is 34.6 Å². The highest BCUT2D eigenvalue weighted by molar-refractivity contribution is 7.89. The van der Waals surface area contributed by atoms with E-state index in [4.69, 9.17) is 4.74 Å². The van der Waals surface area contributed by atoms with Crippen LogP contribution in [0.3, 0.4) is 0 Å². The van der Waals surface area contributed by atoms with Gasteiger partial charge >= 0.3 is 5.97 Å². The van der Waals surface area contributed by atoms with Gasteiger partial charge in [0.1, 0.15) is 5.82 Å². The van der Waals surface area contributed by atoms with Crippen LogP contribution in [0.5, 0.6) is 0 Å². The maximum absolute atomic E-state index is 13.2. The Morgan fingerprint density at radius 2 is 1.77 bits per heavy atom. The lowest BCUT2D eigenvalue weighted by atomic mass is 9.97. The molecule has 0 radical (unpaired) electrons. The maximum Gasteiger partial charge on any atom is 0.339 e. The number of amides is 1. The van der Waals surface area contributed by atoms with Crippen LogP contribution in [0, 0.1) is 12.8 Å². The first-order valence-corrected chi connectivity index (χ1v) is 12.8. The van der Waals surface area contributed by atoms with Gasteiger partial charge < -0.3 is 14.6 Å². The number of nitrogens with zero attached hydrogens (tertiary/aromatic N) is 3. The minimum Gasteiger partial charge on any atom is -0.465 e. The summed E-state index contributed by atoms with van der Waals surface area (Å²) in [5.41, 5.74) is 1.79. The number of hydrogen-bond acceptors (Lipinski definition) is 6. The molecule has 1 aromatic heterocycles. The van der Waals surface area contributed by atoms with Crippen molar-refractivity contribution in [3.05, 3.63) is 77.9 Å². The van der Waals surface area contributed by atoms with Crippen LogP contribution >= 0.6 is 0 Å². The van der Waals surface area contributed by atoms with Crippen molar-refractivity contribution < 1.29 is 22.7 Å². The number of ether oxygens (including phenoxy) is 1. The zero-order chi connectivity index (χ0) is 25.0. The largest absolute Gasteiger partial charge is 0.465 e. The molecule has 4 rings (SSSR count). The van der Waals surface area contributed by atoms with Crippen molar-refractivity contribution in [3.8, 4) is 0 Å². The molecule has 1 amide bonds. The molecule has 1 fully saturated rings. The second-order valence-corrected chi connectivity index (χ2v) is 10.4. The number of carbonyl (C=O) groups excluding carboxylic acids is 2. The number of aryl methyl sites for hydroxylation is 1. The standard InChI is InChI=1S/C25H28N4O5S/c1-18-26-13-16-28(18)17-19-7-9-21(10-8-19)27-24(30)20-11-14-29(15-12-20)35(32,33)23-6-4-3-5-22(23)25(31)34-2/h3-10,13,16,20H,11-12,14-15,17H2,1-2H3,(H,27,30). The molecule has 0 spiro atoms. The molecular weight excluding hydrogens is 468 g/mol. The molecule has 2 aromatic carbocycles. The molecule has 1 aliphatic rings. The van der Waals surface area contributed by atoms with Gasteiger partial charge in [-0.05, 0) is 49.6 Å². The highest BCUT2D eigenvalue weighted by Crippen LogP contribution is 2.27. The Bertz CT molecular complexity index is 1310. The number of aromatic nitrogens is 2. The van der Waals surface area contributed by atoms with Gasteiger partial charge in [-0.25, -0.2) is 18.2 Å². The van der Waals surface area contributed by atoms with Crippen molar-refractivity contribution in [3.63, 3.8) is 0 Å². The third-order valence-electron chi connectivity index (χ3n) is 6.23. The van der Waals surface area contributed by atoms with E-state index in [1.165, 1.54) is 23.5 Å². The zero-order valence-corrected chi connectivity index (χ0v) is 20.5. The van der Waals surface area contributed by atoms with Gasteiger partial charge in [0.15, 0.2) is 0 Å². The van der Waals surface area contributed by atoms with E-state index in [2.05, 4.69) is 10.3 Å². The first-order chi connectivity index (χ1) is 16.8. The number of imidazole rings is 1. The minimum absolute atomic E-state index is 0.00140. The fourth-order valence-electron chi connectivity index (χ4n) is 4.17. The van der Waals surface area contributed by atoms with E-state index < -0.39 is 16.0 Å². The number of esters is 1. The second-order valence-electron chi connectivity index (χ2n) is 8.45.